The first-order chi connectivity index (χ1) is 11.3. The van der Waals surface area contributed by atoms with E-state index in [1.54, 1.807) is 16.7 Å². The van der Waals surface area contributed by atoms with Gasteiger partial charge in [0.1, 0.15) is 22.4 Å². The molecule has 4 heterocycles. The van der Waals surface area contributed by atoms with Gasteiger partial charge in [-0.2, -0.15) is 0 Å². The van der Waals surface area contributed by atoms with Crippen molar-refractivity contribution in [3.8, 4) is 9.88 Å². The predicted octanol–water partition coefficient (Wildman–Crippen LogP) is 2.38. The highest BCUT2D eigenvalue weighted by atomic mass is 32.1. The van der Waals surface area contributed by atoms with E-state index in [1.165, 1.54) is 11.3 Å². The number of aromatic nitrogens is 4. The average molecular weight is 345 g/mol. The number of hydrogen-bond acceptors (Lipinski definition) is 6. The van der Waals surface area contributed by atoms with Gasteiger partial charge in [-0.25, -0.2) is 4.98 Å². The topological polar surface area (TPSA) is 72.7 Å². The van der Waals surface area contributed by atoms with E-state index in [9.17, 15) is 4.79 Å². The zero-order chi connectivity index (χ0) is 15.6. The van der Waals surface area contributed by atoms with Gasteiger partial charge in [0, 0.05) is 31.3 Å². The quantitative estimate of drug-likeness (QED) is 0.770. The number of hydrogen-bond donors (Lipinski definition) is 1. The maximum absolute atomic E-state index is 12.2. The van der Waals surface area contributed by atoms with Crippen molar-refractivity contribution in [3.63, 3.8) is 0 Å². The largest absolute Gasteiger partial charge is 0.350 e. The molecule has 0 spiro atoms. The van der Waals surface area contributed by atoms with Gasteiger partial charge in [0.2, 0.25) is 0 Å². The van der Waals surface area contributed by atoms with Gasteiger partial charge in [0.05, 0.1) is 4.88 Å². The van der Waals surface area contributed by atoms with Crippen LogP contribution in [0.1, 0.15) is 28.6 Å². The number of nitrogens with zero attached hydrogens (tertiary/aromatic N) is 4. The monoisotopic (exact) mass is 345 g/mol. The molecule has 0 bridgehead atoms. The molecule has 8 heteroatoms. The normalized spacial score (nSPS) is 13.2. The van der Waals surface area contributed by atoms with E-state index < -0.39 is 0 Å². The summed E-state index contributed by atoms with van der Waals surface area (Å²) >= 11 is 3.12. The lowest BCUT2D eigenvalue weighted by Crippen LogP contribution is -2.26. The molecular weight excluding hydrogens is 330 g/mol. The third kappa shape index (κ3) is 2.91. The number of amides is 1. The standard InChI is InChI=1S/C15H15N5OS2/c21-14(10-9-23-15(17-10)11-3-2-8-22-11)16-6-5-13-19-18-12-4-1-7-20(12)13/h2-3,8-9H,1,4-7H2,(H,16,21). The summed E-state index contributed by atoms with van der Waals surface area (Å²) in [6.45, 7) is 1.53. The molecule has 1 amide bonds. The Labute approximate surface area is 141 Å². The van der Waals surface area contributed by atoms with Crippen molar-refractivity contribution < 1.29 is 4.79 Å². The number of thiophene rings is 1. The molecule has 0 saturated heterocycles. The fourth-order valence-corrected chi connectivity index (χ4v) is 4.28. The Balaban J connectivity index is 1.35. The Bertz CT molecular complexity index is 821. The number of carbonyl (C=O) groups is 1. The minimum atomic E-state index is -0.134. The summed E-state index contributed by atoms with van der Waals surface area (Å²) in [5, 5.41) is 16.0. The second kappa shape index (κ2) is 6.21. The van der Waals surface area contributed by atoms with Crippen LogP contribution in [0.5, 0.6) is 0 Å². The van der Waals surface area contributed by atoms with E-state index in [1.807, 2.05) is 17.5 Å². The molecule has 6 nitrogen and oxygen atoms in total. The number of thiazole rings is 1. The van der Waals surface area contributed by atoms with Crippen molar-refractivity contribution >= 4 is 28.6 Å². The zero-order valence-electron chi connectivity index (χ0n) is 12.4. The molecule has 1 aliphatic heterocycles. The van der Waals surface area contributed by atoms with Crippen LogP contribution in [0.4, 0.5) is 0 Å². The SMILES string of the molecule is O=C(NCCc1nnc2n1CCC2)c1csc(-c2cccs2)n1. The van der Waals surface area contributed by atoms with Crippen molar-refractivity contribution in [2.45, 2.75) is 25.8 Å². The zero-order valence-corrected chi connectivity index (χ0v) is 14.0. The van der Waals surface area contributed by atoms with Gasteiger partial charge in [-0.05, 0) is 17.9 Å². The minimum absolute atomic E-state index is 0.134. The fraction of sp³-hybridized carbons (Fsp3) is 0.333. The lowest BCUT2D eigenvalue weighted by molar-refractivity contribution is 0.0949. The highest BCUT2D eigenvalue weighted by molar-refractivity contribution is 7.20. The van der Waals surface area contributed by atoms with Crippen LogP contribution in [0.2, 0.25) is 0 Å². The lowest BCUT2D eigenvalue weighted by Gasteiger charge is -2.04. The van der Waals surface area contributed by atoms with Crippen molar-refractivity contribution in [2.24, 2.45) is 0 Å². The molecule has 0 aliphatic carbocycles. The van der Waals surface area contributed by atoms with Gasteiger partial charge in [-0.1, -0.05) is 6.07 Å². The number of carbonyl (C=O) groups excluding carboxylic acids is 1. The predicted molar refractivity (Wildman–Crippen MR) is 89.8 cm³/mol. The molecule has 3 aromatic heterocycles. The van der Waals surface area contributed by atoms with Crippen LogP contribution in [0, 0.1) is 0 Å². The van der Waals surface area contributed by atoms with Crippen LogP contribution in [0.3, 0.4) is 0 Å². The molecule has 0 fully saturated rings. The molecule has 23 heavy (non-hydrogen) atoms. The molecule has 4 rings (SSSR count). The summed E-state index contributed by atoms with van der Waals surface area (Å²) in [5.74, 6) is 1.88. The molecule has 0 aromatic carbocycles. The Hall–Kier alpha value is -2.06. The highest BCUT2D eigenvalue weighted by Crippen LogP contribution is 2.27. The molecule has 3 aromatic rings. The number of rotatable bonds is 5. The summed E-state index contributed by atoms with van der Waals surface area (Å²) in [4.78, 5) is 17.7. The Kier molecular flexibility index (Phi) is 3.92. The minimum Gasteiger partial charge on any atom is -0.350 e. The molecule has 0 unspecified atom stereocenters. The number of fused-ring (bicyclic) bond motifs is 1. The van der Waals surface area contributed by atoms with Crippen molar-refractivity contribution in [1.29, 1.82) is 0 Å². The highest BCUT2D eigenvalue weighted by Gasteiger charge is 2.17. The van der Waals surface area contributed by atoms with Crippen LogP contribution in [0.25, 0.3) is 9.88 Å². The van der Waals surface area contributed by atoms with E-state index in [-0.39, 0.29) is 5.91 Å². The third-order valence-electron chi connectivity index (χ3n) is 3.79. The summed E-state index contributed by atoms with van der Waals surface area (Å²) < 4.78 is 2.16. The van der Waals surface area contributed by atoms with Gasteiger partial charge in [-0.3, -0.25) is 4.79 Å². The molecular formula is C15H15N5OS2. The summed E-state index contributed by atoms with van der Waals surface area (Å²) in [5.41, 5.74) is 0.477. The second-order valence-electron chi connectivity index (χ2n) is 5.31. The van der Waals surface area contributed by atoms with E-state index >= 15 is 0 Å². The second-order valence-corrected chi connectivity index (χ2v) is 7.11. The van der Waals surface area contributed by atoms with Crippen molar-refractivity contribution in [1.82, 2.24) is 25.1 Å². The van der Waals surface area contributed by atoms with Gasteiger partial charge in [-0.15, -0.1) is 32.9 Å². The van der Waals surface area contributed by atoms with Crippen LogP contribution in [-0.2, 0) is 19.4 Å². The average Bonchev–Trinajstić information content (AvgIpc) is 3.32. The van der Waals surface area contributed by atoms with E-state index in [0.29, 0.717) is 18.7 Å². The molecule has 0 atom stereocenters. The third-order valence-corrected chi connectivity index (χ3v) is 5.67. The molecule has 0 saturated carbocycles. The summed E-state index contributed by atoms with van der Waals surface area (Å²) in [7, 11) is 0. The smallest absolute Gasteiger partial charge is 0.270 e. The van der Waals surface area contributed by atoms with Crippen LogP contribution in [0.15, 0.2) is 22.9 Å². The first-order valence-corrected chi connectivity index (χ1v) is 9.26. The Morgan fingerprint density at radius 3 is 3.17 bits per heavy atom. The maximum atomic E-state index is 12.2. The van der Waals surface area contributed by atoms with E-state index in [2.05, 4.69) is 25.1 Å². The summed E-state index contributed by atoms with van der Waals surface area (Å²) in [6, 6.07) is 4.00. The molecule has 1 N–H and O–H groups in total. The maximum Gasteiger partial charge on any atom is 0.270 e. The van der Waals surface area contributed by atoms with Gasteiger partial charge >= 0.3 is 0 Å². The van der Waals surface area contributed by atoms with Gasteiger partial charge < -0.3 is 9.88 Å². The van der Waals surface area contributed by atoms with E-state index in [4.69, 9.17) is 0 Å². The first-order valence-electron chi connectivity index (χ1n) is 7.50. The van der Waals surface area contributed by atoms with Crippen LogP contribution < -0.4 is 5.32 Å². The van der Waals surface area contributed by atoms with Gasteiger partial charge in [0.15, 0.2) is 0 Å². The first kappa shape index (κ1) is 14.5. The summed E-state index contributed by atoms with van der Waals surface area (Å²) in [6.07, 6.45) is 2.83. The van der Waals surface area contributed by atoms with Crippen LogP contribution in [-0.4, -0.2) is 32.2 Å². The number of nitrogens with one attached hydrogen (secondary N) is 1. The molecule has 0 radical (unpaired) electrons. The fourth-order valence-electron chi connectivity index (χ4n) is 2.67. The van der Waals surface area contributed by atoms with Crippen molar-refractivity contribution in [3.05, 3.63) is 40.2 Å². The van der Waals surface area contributed by atoms with Crippen molar-refractivity contribution in [2.75, 3.05) is 6.54 Å². The molecule has 118 valence electrons. The number of aryl methyl sites for hydroxylation is 1. The Morgan fingerprint density at radius 1 is 1.35 bits per heavy atom. The molecule has 1 aliphatic rings. The lowest BCUT2D eigenvalue weighted by atomic mass is 10.3. The van der Waals surface area contributed by atoms with Crippen LogP contribution >= 0.6 is 22.7 Å². The van der Waals surface area contributed by atoms with Gasteiger partial charge in [0.25, 0.3) is 5.91 Å². The van der Waals surface area contributed by atoms with E-state index in [0.717, 1.165) is 40.9 Å². The Morgan fingerprint density at radius 2 is 2.30 bits per heavy atom.